The van der Waals surface area contributed by atoms with E-state index < -0.39 is 15.9 Å². The van der Waals surface area contributed by atoms with Gasteiger partial charge in [0.1, 0.15) is 5.75 Å². The van der Waals surface area contributed by atoms with E-state index in [-0.39, 0.29) is 17.5 Å². The van der Waals surface area contributed by atoms with Gasteiger partial charge in [-0.15, -0.1) is 0 Å². The van der Waals surface area contributed by atoms with E-state index >= 15 is 0 Å². The Kier molecular flexibility index (Phi) is 5.33. The van der Waals surface area contributed by atoms with Crippen LogP contribution < -0.4 is 10.1 Å². The average Bonchev–Trinajstić information content (AvgIpc) is 2.72. The van der Waals surface area contributed by atoms with Crippen molar-refractivity contribution in [1.82, 2.24) is 5.32 Å². The molecule has 116 valence electrons. The molecule has 1 fully saturated rings. The number of aliphatic hydroxyl groups is 1. The lowest BCUT2D eigenvalue weighted by atomic mass is 10.2. The van der Waals surface area contributed by atoms with E-state index in [9.17, 15) is 13.5 Å². The highest BCUT2D eigenvalue weighted by molar-refractivity contribution is 7.91. The number of hydrogen-bond donors (Lipinski definition) is 2. The summed E-state index contributed by atoms with van der Waals surface area (Å²) in [6.45, 7) is 1.05. The predicted molar refractivity (Wildman–Crippen MR) is 81.9 cm³/mol. The van der Waals surface area contributed by atoms with Crippen molar-refractivity contribution in [1.29, 1.82) is 0 Å². The third kappa shape index (κ3) is 4.80. The van der Waals surface area contributed by atoms with Crippen LogP contribution in [0.25, 0.3) is 0 Å². The summed E-state index contributed by atoms with van der Waals surface area (Å²) in [5, 5.41) is 12.6. The van der Waals surface area contributed by atoms with Crippen molar-refractivity contribution >= 4 is 16.1 Å². The van der Waals surface area contributed by atoms with E-state index in [0.29, 0.717) is 13.1 Å². The Morgan fingerprint density at radius 2 is 2.10 bits per heavy atom. The number of aliphatic hydroxyl groups excluding tert-OH is 1. The molecular weight excluding hydrogens is 292 g/mol. The molecule has 1 saturated heterocycles. The molecule has 0 unspecified atom stereocenters. The Balaban J connectivity index is 1.73. The monoisotopic (exact) mass is 312 g/mol. The Hall–Kier alpha value is -1.44. The molecule has 2 atom stereocenters. The van der Waals surface area contributed by atoms with Crippen LogP contribution in [0.2, 0.25) is 0 Å². The fourth-order valence-electron chi connectivity index (χ4n) is 2.20. The van der Waals surface area contributed by atoms with E-state index in [2.05, 4.69) is 10.3 Å². The van der Waals surface area contributed by atoms with Crippen LogP contribution in [0.1, 0.15) is 5.56 Å². The van der Waals surface area contributed by atoms with Crippen LogP contribution in [0.4, 0.5) is 0 Å². The molecule has 0 aromatic heterocycles. The molecule has 0 bridgehead atoms. The Morgan fingerprint density at radius 1 is 1.38 bits per heavy atom. The van der Waals surface area contributed by atoms with Crippen LogP contribution in [0, 0.1) is 0 Å². The molecule has 2 rings (SSSR count). The molecule has 0 aliphatic carbocycles. The van der Waals surface area contributed by atoms with Crippen LogP contribution >= 0.6 is 0 Å². The lowest BCUT2D eigenvalue weighted by Crippen LogP contribution is -2.40. The van der Waals surface area contributed by atoms with Gasteiger partial charge in [-0.3, -0.25) is 4.99 Å². The van der Waals surface area contributed by atoms with Gasteiger partial charge in [0, 0.05) is 18.8 Å². The number of rotatable bonds is 6. The van der Waals surface area contributed by atoms with Gasteiger partial charge < -0.3 is 15.2 Å². The summed E-state index contributed by atoms with van der Waals surface area (Å²) in [5.74, 6) is 0.640. The van der Waals surface area contributed by atoms with E-state index in [1.165, 1.54) is 0 Å². The lowest BCUT2D eigenvalue weighted by Gasteiger charge is -2.13. The van der Waals surface area contributed by atoms with E-state index in [1.54, 1.807) is 13.3 Å². The minimum absolute atomic E-state index is 0.00361. The van der Waals surface area contributed by atoms with Crippen molar-refractivity contribution in [2.75, 3.05) is 31.7 Å². The summed E-state index contributed by atoms with van der Waals surface area (Å²) in [7, 11) is -1.48. The maximum absolute atomic E-state index is 11.3. The Labute approximate surface area is 124 Å². The Morgan fingerprint density at radius 3 is 2.67 bits per heavy atom. The third-order valence-electron chi connectivity index (χ3n) is 3.33. The molecule has 1 aliphatic heterocycles. The zero-order valence-electron chi connectivity index (χ0n) is 11.9. The number of sulfone groups is 1. The number of nitrogens with zero attached hydrogens (tertiary/aromatic N) is 1. The second-order valence-corrected chi connectivity index (χ2v) is 7.17. The molecule has 2 N–H and O–H groups in total. The topological polar surface area (TPSA) is 88.0 Å². The first-order valence-corrected chi connectivity index (χ1v) is 8.58. The van der Waals surface area contributed by atoms with E-state index in [1.807, 2.05) is 24.3 Å². The third-order valence-corrected chi connectivity index (χ3v) is 5.04. The van der Waals surface area contributed by atoms with Gasteiger partial charge in [-0.25, -0.2) is 8.42 Å². The zero-order valence-corrected chi connectivity index (χ0v) is 12.7. The fourth-order valence-corrected chi connectivity index (χ4v) is 3.97. The number of hydrogen-bond acceptors (Lipinski definition) is 6. The minimum Gasteiger partial charge on any atom is -0.497 e. The molecule has 0 amide bonds. The van der Waals surface area contributed by atoms with E-state index in [4.69, 9.17) is 4.74 Å². The van der Waals surface area contributed by atoms with Crippen LogP contribution in [-0.2, 0) is 9.84 Å². The van der Waals surface area contributed by atoms with Crippen LogP contribution in [-0.4, -0.2) is 63.6 Å². The maximum atomic E-state index is 11.3. The van der Waals surface area contributed by atoms with Gasteiger partial charge in [0.05, 0.1) is 31.3 Å². The summed E-state index contributed by atoms with van der Waals surface area (Å²) in [4.78, 5) is 4.26. The molecule has 0 spiro atoms. The number of nitrogens with one attached hydrogen (secondary N) is 1. The SMILES string of the molecule is COc1ccc(C=NCCN[C@@H]2CS(=O)(=O)C[C@@H]2O)cc1. The smallest absolute Gasteiger partial charge is 0.154 e. The molecule has 1 aromatic carbocycles. The van der Waals surface area contributed by atoms with Crippen molar-refractivity contribution in [2.45, 2.75) is 12.1 Å². The first-order chi connectivity index (χ1) is 10.00. The maximum Gasteiger partial charge on any atom is 0.154 e. The van der Waals surface area contributed by atoms with Gasteiger partial charge in [0.2, 0.25) is 0 Å². The standard InChI is InChI=1S/C14H20N2O4S/c1-20-12-4-2-11(3-5-12)8-15-6-7-16-13-9-21(18,19)10-14(13)17/h2-5,8,13-14,16-17H,6-7,9-10H2,1H3/t13-,14+/m1/s1. The number of ether oxygens (including phenoxy) is 1. The van der Waals surface area contributed by atoms with Gasteiger partial charge in [0.25, 0.3) is 0 Å². The highest BCUT2D eigenvalue weighted by Gasteiger charge is 2.35. The van der Waals surface area contributed by atoms with Crippen molar-refractivity contribution in [3.8, 4) is 5.75 Å². The van der Waals surface area contributed by atoms with Crippen molar-refractivity contribution in [3.63, 3.8) is 0 Å². The van der Waals surface area contributed by atoms with Gasteiger partial charge in [0.15, 0.2) is 9.84 Å². The molecule has 1 aromatic rings. The lowest BCUT2D eigenvalue weighted by molar-refractivity contribution is 0.167. The minimum atomic E-state index is -3.10. The summed E-state index contributed by atoms with van der Waals surface area (Å²) >= 11 is 0. The Bertz CT molecular complexity index is 583. The number of aliphatic imine (C=N–C) groups is 1. The van der Waals surface area contributed by atoms with Crippen LogP contribution in [0.5, 0.6) is 5.75 Å². The van der Waals surface area contributed by atoms with Crippen molar-refractivity contribution in [2.24, 2.45) is 4.99 Å². The van der Waals surface area contributed by atoms with Crippen LogP contribution in [0.15, 0.2) is 29.3 Å². The zero-order chi connectivity index (χ0) is 15.3. The average molecular weight is 312 g/mol. The first-order valence-electron chi connectivity index (χ1n) is 6.76. The second-order valence-electron chi connectivity index (χ2n) is 5.01. The molecule has 0 radical (unpaired) electrons. The molecule has 6 nitrogen and oxygen atoms in total. The fraction of sp³-hybridized carbons (Fsp3) is 0.500. The summed E-state index contributed by atoms with van der Waals surface area (Å²) in [6, 6.07) is 7.15. The van der Waals surface area contributed by atoms with Gasteiger partial charge in [-0.05, 0) is 29.8 Å². The summed E-state index contributed by atoms with van der Waals surface area (Å²) in [6.07, 6.45) is 0.934. The second kappa shape index (κ2) is 7.02. The van der Waals surface area contributed by atoms with Crippen molar-refractivity contribution in [3.05, 3.63) is 29.8 Å². The van der Waals surface area contributed by atoms with E-state index in [0.717, 1.165) is 11.3 Å². The van der Waals surface area contributed by atoms with Gasteiger partial charge in [-0.1, -0.05) is 0 Å². The highest BCUT2D eigenvalue weighted by Crippen LogP contribution is 2.12. The predicted octanol–water partition coefficient (Wildman–Crippen LogP) is -0.138. The molecule has 1 heterocycles. The molecular formula is C14H20N2O4S. The van der Waals surface area contributed by atoms with Gasteiger partial charge in [-0.2, -0.15) is 0 Å². The summed E-state index contributed by atoms with van der Waals surface area (Å²) < 4.78 is 27.7. The largest absolute Gasteiger partial charge is 0.497 e. The summed E-state index contributed by atoms with van der Waals surface area (Å²) in [5.41, 5.74) is 0.972. The van der Waals surface area contributed by atoms with Gasteiger partial charge >= 0.3 is 0 Å². The normalized spacial score (nSPS) is 24.5. The molecule has 0 saturated carbocycles. The number of benzene rings is 1. The molecule has 7 heteroatoms. The first kappa shape index (κ1) is 15.9. The van der Waals surface area contributed by atoms with Crippen molar-refractivity contribution < 1.29 is 18.3 Å². The molecule has 1 aliphatic rings. The number of methoxy groups -OCH3 is 1. The molecule has 21 heavy (non-hydrogen) atoms. The highest BCUT2D eigenvalue weighted by atomic mass is 32.2. The quantitative estimate of drug-likeness (QED) is 0.564. The van der Waals surface area contributed by atoms with Crippen LogP contribution in [0.3, 0.4) is 0 Å².